The van der Waals surface area contributed by atoms with Gasteiger partial charge in [0.1, 0.15) is 0 Å². The van der Waals surface area contributed by atoms with E-state index in [1.807, 2.05) is 54.1 Å². The first kappa shape index (κ1) is 16.4. The van der Waals surface area contributed by atoms with Crippen molar-refractivity contribution in [2.24, 2.45) is 0 Å². The molecule has 3 aromatic rings. The van der Waals surface area contributed by atoms with Crippen LogP contribution in [-0.4, -0.2) is 12.7 Å². The maximum atomic E-state index is 13.1. The summed E-state index contributed by atoms with van der Waals surface area (Å²) in [5.41, 5.74) is 0.773. The second-order valence-corrected chi connectivity index (χ2v) is 9.17. The van der Waals surface area contributed by atoms with Crippen molar-refractivity contribution in [3.8, 4) is 0 Å². The van der Waals surface area contributed by atoms with Gasteiger partial charge < -0.3 is 0 Å². The molecule has 6 heteroatoms. The van der Waals surface area contributed by atoms with Crippen molar-refractivity contribution < 1.29 is 8.42 Å². The zero-order valence-corrected chi connectivity index (χ0v) is 15.1. The van der Waals surface area contributed by atoms with Gasteiger partial charge in [-0.25, -0.2) is 8.42 Å². The molecule has 0 atom stereocenters. The molecule has 0 unspecified atom stereocenters. The van der Waals surface area contributed by atoms with Crippen LogP contribution in [-0.2, 0) is 23.1 Å². The fourth-order valence-electron chi connectivity index (χ4n) is 2.36. The molecule has 0 radical (unpaired) electrons. The van der Waals surface area contributed by atoms with Crippen LogP contribution >= 0.6 is 22.7 Å². The van der Waals surface area contributed by atoms with Crippen LogP contribution < -0.4 is 0 Å². The lowest BCUT2D eigenvalue weighted by Gasteiger charge is -2.22. The molecule has 0 aliphatic carbocycles. The number of sulfonamides is 1. The molecule has 0 saturated carbocycles. The smallest absolute Gasteiger partial charge is 0.207 e. The molecule has 1 aromatic carbocycles. The normalized spacial score (nSPS) is 11.9. The first-order chi connectivity index (χ1) is 11.1. The van der Waals surface area contributed by atoms with Gasteiger partial charge in [0, 0.05) is 22.8 Å². The second-order valence-electron chi connectivity index (χ2n) is 5.20. The maximum Gasteiger partial charge on any atom is 0.243 e. The second kappa shape index (κ2) is 6.97. The van der Waals surface area contributed by atoms with Gasteiger partial charge in [-0.05, 0) is 41.4 Å². The average Bonchev–Trinajstić information content (AvgIpc) is 3.20. The van der Waals surface area contributed by atoms with Crippen molar-refractivity contribution in [2.45, 2.75) is 24.9 Å². The standard InChI is InChI=1S/C17H17NO2S3/c1-14-6-2-3-9-17(14)23(19,20)18(12-15-7-4-10-21-15)13-16-8-5-11-22-16/h2-11H,12-13H2,1H3. The highest BCUT2D eigenvalue weighted by Gasteiger charge is 2.26. The summed E-state index contributed by atoms with van der Waals surface area (Å²) in [6.45, 7) is 2.62. The first-order valence-corrected chi connectivity index (χ1v) is 10.4. The van der Waals surface area contributed by atoms with Gasteiger partial charge >= 0.3 is 0 Å². The number of hydrogen-bond acceptors (Lipinski definition) is 4. The molecule has 0 N–H and O–H groups in total. The van der Waals surface area contributed by atoms with Gasteiger partial charge in [-0.1, -0.05) is 30.3 Å². The third-order valence-corrected chi connectivity index (χ3v) is 7.21. The summed E-state index contributed by atoms with van der Waals surface area (Å²) in [7, 11) is -3.54. The molecule has 0 saturated heterocycles. The summed E-state index contributed by atoms with van der Waals surface area (Å²) in [5.74, 6) is 0. The van der Waals surface area contributed by atoms with Crippen LogP contribution in [0, 0.1) is 6.92 Å². The minimum Gasteiger partial charge on any atom is -0.207 e. The van der Waals surface area contributed by atoms with Crippen molar-refractivity contribution in [2.75, 3.05) is 0 Å². The molecular formula is C17H17NO2S3. The summed E-state index contributed by atoms with van der Waals surface area (Å²) in [5, 5.41) is 3.94. The molecule has 0 spiro atoms. The van der Waals surface area contributed by atoms with Crippen LogP contribution in [0.15, 0.2) is 64.2 Å². The zero-order chi connectivity index (χ0) is 16.3. The van der Waals surface area contributed by atoms with Crippen molar-refractivity contribution in [1.82, 2.24) is 4.31 Å². The highest BCUT2D eigenvalue weighted by molar-refractivity contribution is 7.89. The van der Waals surface area contributed by atoms with E-state index in [1.165, 1.54) is 0 Å². The molecule has 3 nitrogen and oxygen atoms in total. The van der Waals surface area contributed by atoms with E-state index in [2.05, 4.69) is 0 Å². The Morgan fingerprint density at radius 1 is 0.870 bits per heavy atom. The van der Waals surface area contributed by atoms with E-state index in [4.69, 9.17) is 0 Å². The van der Waals surface area contributed by atoms with Gasteiger partial charge in [0.2, 0.25) is 10.0 Å². The highest BCUT2D eigenvalue weighted by atomic mass is 32.2. The van der Waals surface area contributed by atoms with Gasteiger partial charge in [-0.3, -0.25) is 0 Å². The van der Waals surface area contributed by atoms with Gasteiger partial charge in [-0.15, -0.1) is 22.7 Å². The monoisotopic (exact) mass is 363 g/mol. The minimum atomic E-state index is -3.54. The molecule has 0 amide bonds. The van der Waals surface area contributed by atoms with Gasteiger partial charge in [0.05, 0.1) is 4.90 Å². The number of rotatable bonds is 6. The van der Waals surface area contributed by atoms with E-state index in [9.17, 15) is 8.42 Å². The van der Waals surface area contributed by atoms with Gasteiger partial charge in [-0.2, -0.15) is 4.31 Å². The summed E-state index contributed by atoms with van der Waals surface area (Å²) in [6.07, 6.45) is 0. The summed E-state index contributed by atoms with van der Waals surface area (Å²) >= 11 is 3.15. The Hall–Kier alpha value is -1.47. The minimum absolute atomic E-state index is 0.383. The van der Waals surface area contributed by atoms with E-state index in [0.717, 1.165) is 15.3 Å². The van der Waals surface area contributed by atoms with E-state index >= 15 is 0 Å². The third kappa shape index (κ3) is 3.72. The first-order valence-electron chi connectivity index (χ1n) is 7.18. The Morgan fingerprint density at radius 3 is 1.91 bits per heavy atom. The van der Waals surface area contributed by atoms with Gasteiger partial charge in [0.25, 0.3) is 0 Å². The molecule has 0 bridgehead atoms. The fraction of sp³-hybridized carbons (Fsp3) is 0.176. The summed E-state index contributed by atoms with van der Waals surface area (Å²) < 4.78 is 27.8. The van der Waals surface area contributed by atoms with Crippen LogP contribution in [0.3, 0.4) is 0 Å². The lowest BCUT2D eigenvalue weighted by Crippen LogP contribution is -2.30. The van der Waals surface area contributed by atoms with Crippen LogP contribution in [0.4, 0.5) is 0 Å². The Balaban J connectivity index is 1.98. The molecule has 120 valence electrons. The van der Waals surface area contributed by atoms with Gasteiger partial charge in [0.15, 0.2) is 0 Å². The zero-order valence-electron chi connectivity index (χ0n) is 12.7. The molecule has 0 aliphatic heterocycles. The largest absolute Gasteiger partial charge is 0.243 e. The molecule has 0 fully saturated rings. The van der Waals surface area contributed by atoms with Crippen molar-refractivity contribution in [3.63, 3.8) is 0 Å². The molecular weight excluding hydrogens is 346 g/mol. The predicted molar refractivity (Wildman–Crippen MR) is 96.2 cm³/mol. The molecule has 2 aromatic heterocycles. The molecule has 0 aliphatic rings. The third-order valence-electron chi connectivity index (χ3n) is 3.54. The molecule has 2 heterocycles. The van der Waals surface area contributed by atoms with E-state index in [1.54, 1.807) is 39.1 Å². The topological polar surface area (TPSA) is 37.4 Å². The SMILES string of the molecule is Cc1ccccc1S(=O)(=O)N(Cc1cccs1)Cc1cccs1. The van der Waals surface area contributed by atoms with Crippen LogP contribution in [0.1, 0.15) is 15.3 Å². The Labute approximate surface area is 144 Å². The molecule has 23 heavy (non-hydrogen) atoms. The van der Waals surface area contributed by atoms with Crippen LogP contribution in [0.25, 0.3) is 0 Å². The van der Waals surface area contributed by atoms with Crippen molar-refractivity contribution >= 4 is 32.7 Å². The Bertz CT molecular complexity index is 817. The fourth-order valence-corrected chi connectivity index (χ4v) is 5.59. The number of hydrogen-bond donors (Lipinski definition) is 0. The van der Waals surface area contributed by atoms with Crippen LogP contribution in [0.2, 0.25) is 0 Å². The highest BCUT2D eigenvalue weighted by Crippen LogP contribution is 2.25. The number of thiophene rings is 2. The van der Waals surface area contributed by atoms with Crippen molar-refractivity contribution in [1.29, 1.82) is 0 Å². The van der Waals surface area contributed by atoms with E-state index < -0.39 is 10.0 Å². The predicted octanol–water partition coefficient (Wildman–Crippen LogP) is 4.51. The van der Waals surface area contributed by atoms with Crippen molar-refractivity contribution in [3.05, 3.63) is 74.6 Å². The molecule has 3 rings (SSSR count). The van der Waals surface area contributed by atoms with E-state index in [-0.39, 0.29) is 0 Å². The number of nitrogens with zero attached hydrogens (tertiary/aromatic N) is 1. The number of benzene rings is 1. The summed E-state index contributed by atoms with van der Waals surface area (Å²) in [6, 6.07) is 15.0. The maximum absolute atomic E-state index is 13.1. The summed E-state index contributed by atoms with van der Waals surface area (Å²) in [4.78, 5) is 2.46. The number of aryl methyl sites for hydroxylation is 1. The lowest BCUT2D eigenvalue weighted by atomic mass is 10.2. The lowest BCUT2D eigenvalue weighted by molar-refractivity contribution is 0.406. The Morgan fingerprint density at radius 2 is 1.43 bits per heavy atom. The average molecular weight is 364 g/mol. The Kier molecular flexibility index (Phi) is 4.96. The van der Waals surface area contributed by atoms with Crippen LogP contribution in [0.5, 0.6) is 0 Å². The quantitative estimate of drug-likeness (QED) is 0.646. The van der Waals surface area contributed by atoms with E-state index in [0.29, 0.717) is 18.0 Å².